The Kier molecular flexibility index (Phi) is 2.63. The molecule has 0 saturated carbocycles. The molecule has 0 unspecified atom stereocenters. The van der Waals surface area contributed by atoms with E-state index in [2.05, 4.69) is 40.6 Å². The van der Waals surface area contributed by atoms with E-state index in [9.17, 15) is 0 Å². The third-order valence-corrected chi connectivity index (χ3v) is 3.37. The molecule has 4 nitrogen and oxygen atoms in total. The highest BCUT2D eigenvalue weighted by Crippen LogP contribution is 2.18. The van der Waals surface area contributed by atoms with Gasteiger partial charge in [-0.05, 0) is 43.2 Å². The summed E-state index contributed by atoms with van der Waals surface area (Å²) < 4.78 is 4.12. The Bertz CT molecular complexity index is 664. The third-order valence-electron chi connectivity index (χ3n) is 3.37. The number of nitrogens with zero attached hydrogens (tertiary/aromatic N) is 4. The molecule has 2 aromatic heterocycles. The zero-order valence-corrected chi connectivity index (χ0v) is 10.7. The predicted octanol–water partition coefficient (Wildman–Crippen LogP) is 2.55. The maximum atomic E-state index is 4.45. The monoisotopic (exact) mass is 240 g/mol. The Labute approximate surface area is 106 Å². The topological polar surface area (TPSA) is 35.6 Å². The molecule has 92 valence electrons. The number of hydrogen-bond donors (Lipinski definition) is 0. The number of benzene rings is 1. The molecule has 0 radical (unpaired) electrons. The maximum absolute atomic E-state index is 4.45. The Morgan fingerprint density at radius 2 is 1.94 bits per heavy atom. The van der Waals surface area contributed by atoms with E-state index in [0.29, 0.717) is 0 Å². The minimum absolute atomic E-state index is 0.866. The molecular formula is C14H16N4. The van der Waals surface area contributed by atoms with E-state index in [1.807, 2.05) is 23.3 Å². The average molecular weight is 240 g/mol. The highest BCUT2D eigenvalue weighted by atomic mass is 15.3. The molecular weight excluding hydrogens is 224 g/mol. The lowest BCUT2D eigenvalue weighted by Crippen LogP contribution is -2.06. The fourth-order valence-electron chi connectivity index (χ4n) is 2.13. The average Bonchev–Trinajstić information content (AvgIpc) is 2.97. The zero-order valence-electron chi connectivity index (χ0n) is 10.7. The minimum atomic E-state index is 0.866. The van der Waals surface area contributed by atoms with E-state index in [4.69, 9.17) is 0 Å². The predicted molar refractivity (Wildman–Crippen MR) is 71.4 cm³/mol. The van der Waals surface area contributed by atoms with Crippen LogP contribution in [0.15, 0.2) is 36.9 Å². The van der Waals surface area contributed by atoms with Crippen LogP contribution < -0.4 is 0 Å². The highest BCUT2D eigenvalue weighted by molar-refractivity contribution is 5.77. The van der Waals surface area contributed by atoms with E-state index in [-0.39, 0.29) is 0 Å². The lowest BCUT2D eigenvalue weighted by atomic mass is 10.1. The van der Waals surface area contributed by atoms with Crippen LogP contribution in [0, 0.1) is 13.8 Å². The second-order valence-electron chi connectivity index (χ2n) is 4.63. The van der Waals surface area contributed by atoms with Gasteiger partial charge in [-0.15, -0.1) is 0 Å². The standard InChI is InChI=1S/C14H16N4/c1-11-8-13-14(9-12(11)2)17(10-15-13)6-7-18-5-3-4-16-18/h3-5,8-10H,6-7H2,1-2H3. The minimum Gasteiger partial charge on any atom is -0.329 e. The van der Waals surface area contributed by atoms with Crippen molar-refractivity contribution in [2.45, 2.75) is 26.9 Å². The van der Waals surface area contributed by atoms with Crippen molar-refractivity contribution in [3.8, 4) is 0 Å². The van der Waals surface area contributed by atoms with Crippen LogP contribution in [-0.4, -0.2) is 19.3 Å². The Balaban J connectivity index is 1.90. The summed E-state index contributed by atoms with van der Waals surface area (Å²) in [5.41, 5.74) is 4.87. The van der Waals surface area contributed by atoms with Crippen LogP contribution in [0.4, 0.5) is 0 Å². The van der Waals surface area contributed by atoms with Crippen molar-refractivity contribution in [3.05, 3.63) is 48.0 Å². The molecule has 1 aromatic carbocycles. The van der Waals surface area contributed by atoms with Gasteiger partial charge >= 0.3 is 0 Å². The van der Waals surface area contributed by atoms with Gasteiger partial charge in [0, 0.05) is 18.9 Å². The molecule has 0 spiro atoms. The van der Waals surface area contributed by atoms with Crippen LogP contribution >= 0.6 is 0 Å². The Morgan fingerprint density at radius 1 is 1.11 bits per heavy atom. The molecule has 0 aliphatic rings. The first-order chi connectivity index (χ1) is 8.74. The van der Waals surface area contributed by atoms with Crippen molar-refractivity contribution in [1.82, 2.24) is 19.3 Å². The largest absolute Gasteiger partial charge is 0.329 e. The molecule has 0 atom stereocenters. The first-order valence-corrected chi connectivity index (χ1v) is 6.13. The number of aryl methyl sites for hydroxylation is 4. The summed E-state index contributed by atoms with van der Waals surface area (Å²) in [6.07, 6.45) is 5.70. The molecule has 0 amide bonds. The number of fused-ring (bicyclic) bond motifs is 1. The van der Waals surface area contributed by atoms with E-state index in [0.717, 1.165) is 18.6 Å². The molecule has 3 aromatic rings. The van der Waals surface area contributed by atoms with Crippen LogP contribution in [-0.2, 0) is 13.1 Å². The second-order valence-corrected chi connectivity index (χ2v) is 4.63. The van der Waals surface area contributed by atoms with Crippen LogP contribution in [0.25, 0.3) is 11.0 Å². The van der Waals surface area contributed by atoms with Crippen LogP contribution in [0.2, 0.25) is 0 Å². The summed E-state index contributed by atoms with van der Waals surface area (Å²) >= 11 is 0. The molecule has 4 heteroatoms. The van der Waals surface area contributed by atoms with E-state index in [1.165, 1.54) is 16.6 Å². The van der Waals surface area contributed by atoms with Crippen molar-refractivity contribution < 1.29 is 0 Å². The van der Waals surface area contributed by atoms with Crippen molar-refractivity contribution in [1.29, 1.82) is 0 Å². The van der Waals surface area contributed by atoms with Gasteiger partial charge in [0.2, 0.25) is 0 Å². The zero-order chi connectivity index (χ0) is 12.5. The Morgan fingerprint density at radius 3 is 2.72 bits per heavy atom. The molecule has 2 heterocycles. The SMILES string of the molecule is Cc1cc2ncn(CCn3cccn3)c2cc1C. The van der Waals surface area contributed by atoms with E-state index >= 15 is 0 Å². The maximum Gasteiger partial charge on any atom is 0.0958 e. The highest BCUT2D eigenvalue weighted by Gasteiger charge is 2.04. The van der Waals surface area contributed by atoms with Gasteiger partial charge in [0.1, 0.15) is 0 Å². The summed E-state index contributed by atoms with van der Waals surface area (Å²) in [6.45, 7) is 6.02. The molecule has 0 aliphatic carbocycles. The van der Waals surface area contributed by atoms with Gasteiger partial charge in [-0.1, -0.05) is 0 Å². The molecule has 0 fully saturated rings. The van der Waals surface area contributed by atoms with Gasteiger partial charge in [0.25, 0.3) is 0 Å². The molecule has 0 N–H and O–H groups in total. The molecule has 0 aliphatic heterocycles. The smallest absolute Gasteiger partial charge is 0.0958 e. The van der Waals surface area contributed by atoms with Crippen LogP contribution in [0.3, 0.4) is 0 Å². The second kappa shape index (κ2) is 4.29. The van der Waals surface area contributed by atoms with Crippen molar-refractivity contribution in [2.24, 2.45) is 0 Å². The summed E-state index contributed by atoms with van der Waals surface area (Å²) in [4.78, 5) is 4.45. The quantitative estimate of drug-likeness (QED) is 0.705. The lowest BCUT2D eigenvalue weighted by molar-refractivity contribution is 0.541. The van der Waals surface area contributed by atoms with Crippen molar-refractivity contribution in [3.63, 3.8) is 0 Å². The summed E-state index contributed by atoms with van der Waals surface area (Å²) in [5.74, 6) is 0. The number of rotatable bonds is 3. The molecule has 0 bridgehead atoms. The van der Waals surface area contributed by atoms with Gasteiger partial charge in [-0.2, -0.15) is 5.10 Å². The molecule has 18 heavy (non-hydrogen) atoms. The van der Waals surface area contributed by atoms with Gasteiger partial charge in [-0.3, -0.25) is 4.68 Å². The fourth-order valence-corrected chi connectivity index (χ4v) is 2.13. The summed E-state index contributed by atoms with van der Waals surface area (Å²) in [5, 5.41) is 4.21. The first-order valence-electron chi connectivity index (χ1n) is 6.13. The molecule has 0 saturated heterocycles. The fraction of sp³-hybridized carbons (Fsp3) is 0.286. The third kappa shape index (κ3) is 1.90. The van der Waals surface area contributed by atoms with Crippen LogP contribution in [0.1, 0.15) is 11.1 Å². The van der Waals surface area contributed by atoms with Crippen molar-refractivity contribution >= 4 is 11.0 Å². The van der Waals surface area contributed by atoms with E-state index < -0.39 is 0 Å². The van der Waals surface area contributed by atoms with E-state index in [1.54, 1.807) is 6.20 Å². The number of hydrogen-bond acceptors (Lipinski definition) is 2. The summed E-state index contributed by atoms with van der Waals surface area (Å²) in [6, 6.07) is 6.30. The lowest BCUT2D eigenvalue weighted by Gasteiger charge is -2.06. The van der Waals surface area contributed by atoms with Crippen molar-refractivity contribution in [2.75, 3.05) is 0 Å². The normalized spacial score (nSPS) is 11.2. The Hall–Kier alpha value is -2.10. The van der Waals surface area contributed by atoms with Gasteiger partial charge in [0.15, 0.2) is 0 Å². The van der Waals surface area contributed by atoms with Gasteiger partial charge in [-0.25, -0.2) is 4.98 Å². The van der Waals surface area contributed by atoms with Gasteiger partial charge in [0.05, 0.1) is 23.9 Å². The van der Waals surface area contributed by atoms with Gasteiger partial charge < -0.3 is 4.57 Å². The number of imidazole rings is 1. The van der Waals surface area contributed by atoms with Crippen LogP contribution in [0.5, 0.6) is 0 Å². The summed E-state index contributed by atoms with van der Waals surface area (Å²) in [7, 11) is 0. The first kappa shape index (κ1) is 11.0. The number of aromatic nitrogens is 4. The molecule has 3 rings (SSSR count).